The molecule has 0 aromatic rings. The number of halogens is 1. The third-order valence-corrected chi connectivity index (χ3v) is 6.33. The summed E-state index contributed by atoms with van der Waals surface area (Å²) in [4.78, 5) is 23.4. The van der Waals surface area contributed by atoms with E-state index in [1.165, 1.54) is 0 Å². The number of carbonyl (C=O) groups is 1. The van der Waals surface area contributed by atoms with Crippen molar-refractivity contribution in [3.05, 3.63) is 23.8 Å². The number of hydrogen-bond acceptors (Lipinski definition) is 4. The Kier molecular flexibility index (Phi) is 3.21. The van der Waals surface area contributed by atoms with Gasteiger partial charge in [-0.1, -0.05) is 13.8 Å². The van der Waals surface area contributed by atoms with Crippen molar-refractivity contribution < 1.29 is 9.39 Å². The number of rotatable bonds is 1. The van der Waals surface area contributed by atoms with Crippen LogP contribution >= 0.6 is 15.9 Å². The average molecular weight is 379 g/mol. The number of aliphatic imine (C=N–C) groups is 2. The zero-order valence-electron chi connectivity index (χ0n) is 13.4. The molecule has 0 bridgehead atoms. The Bertz CT molecular complexity index is 707. The molecular formula is C16H21BrN5O+. The molecule has 0 aliphatic carbocycles. The smallest absolute Gasteiger partial charge is 0.301 e. The fourth-order valence-corrected chi connectivity index (χ4v) is 4.78. The molecule has 4 rings (SSSR count). The van der Waals surface area contributed by atoms with Crippen LogP contribution in [0.1, 0.15) is 33.1 Å². The predicted molar refractivity (Wildman–Crippen MR) is 92.1 cm³/mol. The van der Waals surface area contributed by atoms with Crippen molar-refractivity contribution in [2.75, 3.05) is 6.54 Å². The fourth-order valence-electron chi connectivity index (χ4n) is 4.28. The molecule has 2 N–H and O–H groups in total. The summed E-state index contributed by atoms with van der Waals surface area (Å²) in [6, 6.07) is 0.350. The van der Waals surface area contributed by atoms with Crippen molar-refractivity contribution in [2.24, 2.45) is 27.2 Å². The lowest BCUT2D eigenvalue weighted by atomic mass is 9.78. The lowest BCUT2D eigenvalue weighted by Gasteiger charge is -2.39. The standard InChI is InChI=1S/C16H21BrN5O/c1-16(2)7-13(23)21-9-10(3-4-12(16)21)14-11-8-19-5-6-22(11,18)15(17)20-14/h5-6,8,10,12H,3-4,7,9,18H2,1-2H3/q+1/t10-,12+,22?/m0/s1. The molecule has 1 unspecified atom stereocenters. The Balaban J connectivity index is 1.66. The first-order chi connectivity index (χ1) is 10.8. The van der Waals surface area contributed by atoms with E-state index in [1.54, 1.807) is 12.4 Å². The summed E-state index contributed by atoms with van der Waals surface area (Å²) >= 11 is 3.49. The van der Waals surface area contributed by atoms with Crippen molar-refractivity contribution in [1.82, 2.24) is 4.90 Å². The van der Waals surface area contributed by atoms with Crippen LogP contribution in [0.25, 0.3) is 0 Å². The van der Waals surface area contributed by atoms with E-state index >= 15 is 0 Å². The van der Waals surface area contributed by atoms with Crippen LogP contribution in [0.5, 0.6) is 0 Å². The quantitative estimate of drug-likeness (QED) is 0.431. The second kappa shape index (κ2) is 4.84. The van der Waals surface area contributed by atoms with Crippen LogP contribution in [0.3, 0.4) is 0 Å². The monoisotopic (exact) mass is 378 g/mol. The summed E-state index contributed by atoms with van der Waals surface area (Å²) in [5.74, 6) is 6.91. The van der Waals surface area contributed by atoms with E-state index in [9.17, 15) is 4.79 Å². The SMILES string of the molecule is CC1(C)CC(=O)N2C[C@@H](C3=C4C=NC=C[N+]4(N)C(Br)=N3)CC[C@@H]21. The summed E-state index contributed by atoms with van der Waals surface area (Å²) < 4.78 is 0.707. The van der Waals surface area contributed by atoms with Gasteiger partial charge in [-0.3, -0.25) is 9.79 Å². The van der Waals surface area contributed by atoms with Crippen LogP contribution < -0.4 is 5.84 Å². The van der Waals surface area contributed by atoms with Crippen molar-refractivity contribution in [3.63, 3.8) is 0 Å². The summed E-state index contributed by atoms with van der Waals surface area (Å²) in [7, 11) is 0. The molecule has 122 valence electrons. The Labute approximate surface area is 144 Å². The first-order valence-corrected chi connectivity index (χ1v) is 8.79. The van der Waals surface area contributed by atoms with Gasteiger partial charge in [0.25, 0.3) is 0 Å². The van der Waals surface area contributed by atoms with Crippen LogP contribution in [0.15, 0.2) is 33.8 Å². The molecule has 2 fully saturated rings. The molecule has 0 aromatic carbocycles. The van der Waals surface area contributed by atoms with Gasteiger partial charge in [0.1, 0.15) is 11.9 Å². The highest BCUT2D eigenvalue weighted by molar-refractivity contribution is 9.18. The summed E-state index contributed by atoms with van der Waals surface area (Å²) in [6.07, 6.45) is 7.97. The number of hydrogen-bond donors (Lipinski definition) is 1. The van der Waals surface area contributed by atoms with Gasteiger partial charge in [0.05, 0.1) is 12.4 Å². The Morgan fingerprint density at radius 2 is 2.22 bits per heavy atom. The molecule has 1 amide bonds. The van der Waals surface area contributed by atoms with E-state index in [4.69, 9.17) is 5.84 Å². The Morgan fingerprint density at radius 1 is 1.43 bits per heavy atom. The van der Waals surface area contributed by atoms with Crippen molar-refractivity contribution in [3.8, 4) is 0 Å². The lowest BCUT2D eigenvalue weighted by Crippen LogP contribution is -2.51. The minimum Gasteiger partial charge on any atom is -0.338 e. The highest BCUT2D eigenvalue weighted by Crippen LogP contribution is 2.46. The molecular weight excluding hydrogens is 358 g/mol. The number of allylic oxidation sites excluding steroid dienone is 1. The third kappa shape index (κ3) is 2.10. The number of amides is 1. The fraction of sp³-hybridized carbons (Fsp3) is 0.562. The topological polar surface area (TPSA) is 71.0 Å². The highest BCUT2D eigenvalue weighted by atomic mass is 79.9. The molecule has 6 nitrogen and oxygen atoms in total. The molecule has 4 heterocycles. The normalized spacial score (nSPS) is 38.0. The number of fused-ring (bicyclic) bond motifs is 2. The van der Waals surface area contributed by atoms with Gasteiger partial charge in [-0.15, -0.1) is 4.59 Å². The van der Waals surface area contributed by atoms with Gasteiger partial charge in [0.2, 0.25) is 11.6 Å². The maximum Gasteiger partial charge on any atom is 0.301 e. The second-order valence-electron chi connectivity index (χ2n) is 7.51. The van der Waals surface area contributed by atoms with E-state index in [-0.39, 0.29) is 21.8 Å². The van der Waals surface area contributed by atoms with E-state index in [2.05, 4.69) is 44.7 Å². The molecule has 3 atom stereocenters. The van der Waals surface area contributed by atoms with Gasteiger partial charge >= 0.3 is 4.74 Å². The number of amidine groups is 1. The number of nitrogens with two attached hydrogens (primary N) is 1. The first kappa shape index (κ1) is 15.2. The van der Waals surface area contributed by atoms with Crippen LogP contribution in [0, 0.1) is 11.3 Å². The molecule has 0 radical (unpaired) electrons. The average Bonchev–Trinajstić information content (AvgIpc) is 2.90. The molecule has 0 saturated carbocycles. The third-order valence-electron chi connectivity index (χ3n) is 5.56. The van der Waals surface area contributed by atoms with E-state index in [0.717, 1.165) is 30.8 Å². The van der Waals surface area contributed by atoms with Gasteiger partial charge in [0, 0.05) is 40.9 Å². The van der Waals surface area contributed by atoms with E-state index in [1.807, 2.05) is 6.20 Å². The predicted octanol–water partition coefficient (Wildman–Crippen LogP) is 2.25. The van der Waals surface area contributed by atoms with Crippen LogP contribution in [0.2, 0.25) is 0 Å². The lowest BCUT2D eigenvalue weighted by molar-refractivity contribution is -0.746. The molecule has 0 spiro atoms. The van der Waals surface area contributed by atoms with Crippen molar-refractivity contribution in [1.29, 1.82) is 0 Å². The zero-order chi connectivity index (χ0) is 16.4. The number of carbonyl (C=O) groups excluding carboxylic acids is 1. The summed E-state index contributed by atoms with van der Waals surface area (Å²) in [6.45, 7) is 5.12. The van der Waals surface area contributed by atoms with Gasteiger partial charge in [-0.05, 0) is 18.3 Å². The summed E-state index contributed by atoms with van der Waals surface area (Å²) in [5, 5.41) is 0. The van der Waals surface area contributed by atoms with Gasteiger partial charge < -0.3 is 4.90 Å². The maximum atomic E-state index is 12.4. The van der Waals surface area contributed by atoms with Crippen molar-refractivity contribution in [2.45, 2.75) is 39.2 Å². The largest absolute Gasteiger partial charge is 0.338 e. The Morgan fingerprint density at radius 3 is 3.00 bits per heavy atom. The van der Waals surface area contributed by atoms with E-state index in [0.29, 0.717) is 17.2 Å². The molecule has 0 aromatic heterocycles. The van der Waals surface area contributed by atoms with Gasteiger partial charge in [-0.25, -0.2) is 0 Å². The molecule has 7 heteroatoms. The Hall–Kier alpha value is -1.31. The number of nitrogens with zero attached hydrogens (tertiary/aromatic N) is 4. The van der Waals surface area contributed by atoms with E-state index < -0.39 is 0 Å². The molecule has 23 heavy (non-hydrogen) atoms. The minimum absolute atomic E-state index is 0.0399. The van der Waals surface area contributed by atoms with Gasteiger partial charge in [-0.2, -0.15) is 10.8 Å². The zero-order valence-corrected chi connectivity index (χ0v) is 15.0. The number of quaternary nitrogens is 1. The minimum atomic E-state index is 0.0399. The molecule has 4 aliphatic heterocycles. The van der Waals surface area contributed by atoms with Crippen LogP contribution in [0.4, 0.5) is 0 Å². The van der Waals surface area contributed by atoms with Crippen LogP contribution in [-0.2, 0) is 4.79 Å². The molecule has 2 saturated heterocycles. The molecule has 4 aliphatic rings. The van der Waals surface area contributed by atoms with Gasteiger partial charge in [0.15, 0.2) is 0 Å². The van der Waals surface area contributed by atoms with Crippen molar-refractivity contribution >= 4 is 32.8 Å². The number of piperidine rings is 1. The first-order valence-electron chi connectivity index (χ1n) is 8.00. The van der Waals surface area contributed by atoms with Crippen LogP contribution in [-0.4, -0.2) is 38.9 Å². The second-order valence-corrected chi connectivity index (χ2v) is 8.22. The maximum absolute atomic E-state index is 12.4. The summed E-state index contributed by atoms with van der Waals surface area (Å²) in [5.41, 5.74) is 1.93. The highest BCUT2D eigenvalue weighted by Gasteiger charge is 2.51.